The number of piperazine rings is 1. The van der Waals surface area contributed by atoms with Crippen LogP contribution < -0.4 is 10.2 Å². The first-order valence-corrected chi connectivity index (χ1v) is 10.9. The highest BCUT2D eigenvalue weighted by molar-refractivity contribution is 6.31. The standard InChI is InChI=1S/C22H28ClN5O/c1-16-15-27(21-20(23)24-11-12-25-21)13-14-28(16)22(29)26-19-9-7-18(8-10-19)17-5-3-2-4-6-17/h7-12,16-17H,2-6,13-15H2,1H3,(H,26,29)/t16-/m1/s1. The van der Waals surface area contributed by atoms with Crippen molar-refractivity contribution >= 4 is 29.1 Å². The number of benzene rings is 1. The Balaban J connectivity index is 1.35. The van der Waals surface area contributed by atoms with Crippen molar-refractivity contribution in [1.82, 2.24) is 14.9 Å². The molecule has 2 heterocycles. The molecule has 2 aliphatic rings. The lowest BCUT2D eigenvalue weighted by atomic mass is 9.84. The average molecular weight is 414 g/mol. The number of amides is 2. The minimum atomic E-state index is -0.0622. The van der Waals surface area contributed by atoms with Crippen molar-refractivity contribution in [1.29, 1.82) is 0 Å². The van der Waals surface area contributed by atoms with Crippen LogP contribution in [0.25, 0.3) is 0 Å². The maximum absolute atomic E-state index is 12.8. The van der Waals surface area contributed by atoms with Gasteiger partial charge in [0.1, 0.15) is 0 Å². The SMILES string of the molecule is C[C@@H]1CN(c2nccnc2Cl)CCN1C(=O)Nc1ccc(C2CCCCC2)cc1. The summed E-state index contributed by atoms with van der Waals surface area (Å²) in [5.74, 6) is 1.36. The smallest absolute Gasteiger partial charge is 0.322 e. The minimum Gasteiger partial charge on any atom is -0.350 e. The molecule has 6 nitrogen and oxygen atoms in total. The van der Waals surface area contributed by atoms with E-state index >= 15 is 0 Å². The van der Waals surface area contributed by atoms with Crippen LogP contribution in [0.5, 0.6) is 0 Å². The molecular formula is C22H28ClN5O. The summed E-state index contributed by atoms with van der Waals surface area (Å²) >= 11 is 6.17. The van der Waals surface area contributed by atoms with Crippen LogP contribution in [0, 0.1) is 0 Å². The summed E-state index contributed by atoms with van der Waals surface area (Å²) in [6.07, 6.45) is 9.80. The first kappa shape index (κ1) is 20.0. The van der Waals surface area contributed by atoms with E-state index in [1.807, 2.05) is 24.0 Å². The number of rotatable bonds is 3. The largest absolute Gasteiger partial charge is 0.350 e. The van der Waals surface area contributed by atoms with Gasteiger partial charge >= 0.3 is 6.03 Å². The lowest BCUT2D eigenvalue weighted by Crippen LogP contribution is -2.55. The summed E-state index contributed by atoms with van der Waals surface area (Å²) in [6, 6.07) is 8.38. The molecule has 1 saturated carbocycles. The summed E-state index contributed by atoms with van der Waals surface area (Å²) in [5.41, 5.74) is 2.24. The van der Waals surface area contributed by atoms with Gasteiger partial charge < -0.3 is 15.1 Å². The molecule has 4 rings (SSSR count). The van der Waals surface area contributed by atoms with Crippen LogP contribution in [0.3, 0.4) is 0 Å². The average Bonchev–Trinajstić information content (AvgIpc) is 2.75. The van der Waals surface area contributed by atoms with Gasteiger partial charge in [0.2, 0.25) is 0 Å². The summed E-state index contributed by atoms with van der Waals surface area (Å²) in [7, 11) is 0. The van der Waals surface area contributed by atoms with Crippen molar-refractivity contribution in [2.45, 2.75) is 51.0 Å². The number of anilines is 2. The van der Waals surface area contributed by atoms with E-state index in [0.29, 0.717) is 36.5 Å². The quantitative estimate of drug-likeness (QED) is 0.775. The van der Waals surface area contributed by atoms with E-state index in [2.05, 4.69) is 32.3 Å². The number of hydrogen-bond donors (Lipinski definition) is 1. The molecule has 1 N–H and O–H groups in total. The topological polar surface area (TPSA) is 61.4 Å². The van der Waals surface area contributed by atoms with E-state index in [0.717, 1.165) is 5.69 Å². The number of nitrogens with zero attached hydrogens (tertiary/aromatic N) is 4. The Morgan fingerprint density at radius 3 is 2.48 bits per heavy atom. The molecule has 1 aliphatic carbocycles. The molecule has 2 aromatic rings. The second kappa shape index (κ2) is 8.99. The Morgan fingerprint density at radius 2 is 1.79 bits per heavy atom. The van der Waals surface area contributed by atoms with Crippen molar-refractivity contribution in [3.05, 3.63) is 47.4 Å². The molecule has 1 aromatic heterocycles. The van der Waals surface area contributed by atoms with Crippen LogP contribution in [-0.4, -0.2) is 46.6 Å². The van der Waals surface area contributed by atoms with E-state index in [4.69, 9.17) is 11.6 Å². The van der Waals surface area contributed by atoms with Gasteiger partial charge in [-0.05, 0) is 43.4 Å². The summed E-state index contributed by atoms with van der Waals surface area (Å²) in [4.78, 5) is 25.2. The van der Waals surface area contributed by atoms with Crippen LogP contribution in [0.4, 0.5) is 16.3 Å². The monoisotopic (exact) mass is 413 g/mol. The molecule has 0 unspecified atom stereocenters. The molecule has 0 spiro atoms. The number of nitrogens with one attached hydrogen (secondary N) is 1. The fourth-order valence-corrected chi connectivity index (χ4v) is 4.67. The highest BCUT2D eigenvalue weighted by Crippen LogP contribution is 2.33. The first-order chi connectivity index (χ1) is 14.1. The normalized spacial score (nSPS) is 20.6. The van der Waals surface area contributed by atoms with Crippen molar-refractivity contribution in [3.63, 3.8) is 0 Å². The van der Waals surface area contributed by atoms with Gasteiger partial charge in [0.15, 0.2) is 11.0 Å². The second-order valence-corrected chi connectivity index (χ2v) is 8.40. The van der Waals surface area contributed by atoms with Gasteiger partial charge in [0.25, 0.3) is 0 Å². The highest BCUT2D eigenvalue weighted by atomic mass is 35.5. The number of carbonyl (C=O) groups excluding carboxylic acids is 1. The Labute approximate surface area is 177 Å². The molecule has 29 heavy (non-hydrogen) atoms. The summed E-state index contributed by atoms with van der Waals surface area (Å²) in [5, 5.41) is 3.45. The molecule has 2 amide bonds. The fraction of sp³-hybridized carbons (Fsp3) is 0.500. The molecule has 2 fully saturated rings. The molecule has 1 aromatic carbocycles. The van der Waals surface area contributed by atoms with E-state index in [1.54, 1.807) is 12.4 Å². The number of halogens is 1. The molecule has 1 saturated heterocycles. The first-order valence-electron chi connectivity index (χ1n) is 10.5. The van der Waals surface area contributed by atoms with E-state index in [-0.39, 0.29) is 12.1 Å². The van der Waals surface area contributed by atoms with Crippen molar-refractivity contribution < 1.29 is 4.79 Å². The summed E-state index contributed by atoms with van der Waals surface area (Å²) < 4.78 is 0. The minimum absolute atomic E-state index is 0.0448. The Hall–Kier alpha value is -2.34. The number of carbonyl (C=O) groups is 1. The lowest BCUT2D eigenvalue weighted by molar-refractivity contribution is 0.184. The van der Waals surface area contributed by atoms with Gasteiger partial charge in [0.05, 0.1) is 0 Å². The molecule has 0 bridgehead atoms. The lowest BCUT2D eigenvalue weighted by Gasteiger charge is -2.40. The van der Waals surface area contributed by atoms with Crippen molar-refractivity contribution in [2.24, 2.45) is 0 Å². The third kappa shape index (κ3) is 4.64. The van der Waals surface area contributed by atoms with Crippen LogP contribution >= 0.6 is 11.6 Å². The van der Waals surface area contributed by atoms with Gasteiger partial charge in [-0.1, -0.05) is 43.0 Å². The molecule has 1 atom stereocenters. The zero-order valence-corrected chi connectivity index (χ0v) is 17.6. The van der Waals surface area contributed by atoms with Gasteiger partial charge in [-0.25, -0.2) is 14.8 Å². The zero-order valence-electron chi connectivity index (χ0n) is 16.9. The number of hydrogen-bond acceptors (Lipinski definition) is 4. The van der Waals surface area contributed by atoms with Crippen molar-refractivity contribution in [2.75, 3.05) is 29.9 Å². The van der Waals surface area contributed by atoms with E-state index < -0.39 is 0 Å². The Morgan fingerprint density at radius 1 is 1.07 bits per heavy atom. The fourth-order valence-electron chi connectivity index (χ4n) is 4.45. The van der Waals surface area contributed by atoms with Gasteiger partial charge in [-0.3, -0.25) is 0 Å². The molecule has 0 radical (unpaired) electrons. The molecular weight excluding hydrogens is 386 g/mol. The van der Waals surface area contributed by atoms with Crippen LogP contribution in [0.15, 0.2) is 36.7 Å². The molecule has 7 heteroatoms. The third-order valence-corrected chi connectivity index (χ3v) is 6.33. The zero-order chi connectivity index (χ0) is 20.2. The predicted molar refractivity (Wildman–Crippen MR) is 117 cm³/mol. The highest BCUT2D eigenvalue weighted by Gasteiger charge is 2.29. The molecule has 1 aliphatic heterocycles. The van der Waals surface area contributed by atoms with E-state index in [1.165, 1.54) is 37.7 Å². The van der Waals surface area contributed by atoms with Gasteiger partial charge in [-0.15, -0.1) is 0 Å². The third-order valence-electron chi connectivity index (χ3n) is 6.06. The van der Waals surface area contributed by atoms with Crippen LogP contribution in [0.2, 0.25) is 5.15 Å². The van der Waals surface area contributed by atoms with Gasteiger partial charge in [0, 0.05) is 43.8 Å². The maximum atomic E-state index is 12.8. The number of urea groups is 1. The number of aromatic nitrogens is 2. The van der Waals surface area contributed by atoms with Gasteiger partial charge in [-0.2, -0.15) is 0 Å². The van der Waals surface area contributed by atoms with Crippen LogP contribution in [-0.2, 0) is 0 Å². The Bertz CT molecular complexity index is 837. The van der Waals surface area contributed by atoms with E-state index in [9.17, 15) is 4.79 Å². The van der Waals surface area contributed by atoms with Crippen molar-refractivity contribution in [3.8, 4) is 0 Å². The second-order valence-electron chi connectivity index (χ2n) is 8.05. The van der Waals surface area contributed by atoms with Crippen LogP contribution in [0.1, 0.15) is 50.5 Å². The maximum Gasteiger partial charge on any atom is 0.322 e. The predicted octanol–water partition coefficient (Wildman–Crippen LogP) is 4.92. The Kier molecular flexibility index (Phi) is 6.19. The summed E-state index contributed by atoms with van der Waals surface area (Å²) in [6.45, 7) is 4.01. The molecule has 154 valence electrons.